The van der Waals surface area contributed by atoms with Crippen LogP contribution in [0.1, 0.15) is 35.7 Å². The highest BCUT2D eigenvalue weighted by Crippen LogP contribution is 2.19. The van der Waals surface area contributed by atoms with E-state index < -0.39 is 11.2 Å². The molecule has 4 rings (SSSR count). The second-order valence-electron chi connectivity index (χ2n) is 8.51. The predicted octanol–water partition coefficient (Wildman–Crippen LogP) is 3.01. The monoisotopic (exact) mass is 476 g/mol. The summed E-state index contributed by atoms with van der Waals surface area (Å²) in [6.45, 7) is 4.34. The number of carbonyl (C=O) groups is 1. The van der Waals surface area contributed by atoms with Crippen molar-refractivity contribution in [3.8, 4) is 11.4 Å². The molecule has 2 aromatic heterocycles. The van der Waals surface area contributed by atoms with Crippen LogP contribution in [-0.2, 0) is 17.8 Å². The number of ketones is 1. The van der Waals surface area contributed by atoms with E-state index in [1.807, 2.05) is 24.3 Å². The van der Waals surface area contributed by atoms with Crippen molar-refractivity contribution < 1.29 is 14.3 Å². The zero-order chi connectivity index (χ0) is 25.1. The van der Waals surface area contributed by atoms with Gasteiger partial charge in [-0.25, -0.2) is 14.3 Å². The highest BCUT2D eigenvalue weighted by molar-refractivity contribution is 5.96. The van der Waals surface area contributed by atoms with Gasteiger partial charge in [-0.1, -0.05) is 26.0 Å². The lowest BCUT2D eigenvalue weighted by atomic mass is 10.0. The van der Waals surface area contributed by atoms with E-state index in [4.69, 9.17) is 9.47 Å². The number of imidazole rings is 1. The van der Waals surface area contributed by atoms with Crippen LogP contribution < -0.4 is 16.0 Å². The van der Waals surface area contributed by atoms with Crippen LogP contribution in [0.5, 0.6) is 5.75 Å². The Morgan fingerprint density at radius 3 is 2.29 bits per heavy atom. The Morgan fingerprint density at radius 2 is 1.69 bits per heavy atom. The van der Waals surface area contributed by atoms with Crippen LogP contribution in [0.2, 0.25) is 0 Å². The van der Waals surface area contributed by atoms with E-state index in [-0.39, 0.29) is 36.6 Å². The number of fused-ring (bicyclic) bond motifs is 1. The molecule has 4 aromatic rings. The Balaban J connectivity index is 1.85. The van der Waals surface area contributed by atoms with Crippen molar-refractivity contribution in [3.63, 3.8) is 0 Å². The molecule has 0 atom stereocenters. The van der Waals surface area contributed by atoms with E-state index in [0.717, 1.165) is 10.1 Å². The van der Waals surface area contributed by atoms with E-state index in [9.17, 15) is 14.4 Å². The lowest BCUT2D eigenvalue weighted by Crippen LogP contribution is -2.41. The van der Waals surface area contributed by atoms with Crippen molar-refractivity contribution in [1.29, 1.82) is 0 Å². The molecule has 0 N–H and O–H groups in total. The van der Waals surface area contributed by atoms with E-state index in [1.165, 1.54) is 22.6 Å². The van der Waals surface area contributed by atoms with Gasteiger partial charge in [-0.3, -0.25) is 14.2 Å². The fraction of sp³-hybridized carbons (Fsp3) is 0.308. The first-order chi connectivity index (χ1) is 16.8. The van der Waals surface area contributed by atoms with Gasteiger partial charge in [-0.15, -0.1) is 0 Å². The summed E-state index contributed by atoms with van der Waals surface area (Å²) in [4.78, 5) is 44.1. The molecular weight excluding hydrogens is 448 g/mol. The molecule has 0 fully saturated rings. The topological polar surface area (TPSA) is 97.3 Å². The molecule has 0 aliphatic rings. The first kappa shape index (κ1) is 24.2. The first-order valence-electron chi connectivity index (χ1n) is 11.3. The average Bonchev–Trinajstić information content (AvgIpc) is 3.27. The van der Waals surface area contributed by atoms with Gasteiger partial charge in [-0.2, -0.15) is 0 Å². The minimum absolute atomic E-state index is 0.0752. The maximum atomic E-state index is 13.4. The molecule has 0 spiro atoms. The fourth-order valence-electron chi connectivity index (χ4n) is 3.94. The van der Waals surface area contributed by atoms with Crippen molar-refractivity contribution in [2.75, 3.05) is 20.8 Å². The van der Waals surface area contributed by atoms with E-state index in [0.29, 0.717) is 22.9 Å². The zero-order valence-corrected chi connectivity index (χ0v) is 20.2. The second-order valence-corrected chi connectivity index (χ2v) is 8.51. The quantitative estimate of drug-likeness (QED) is 0.345. The largest absolute Gasteiger partial charge is 0.497 e. The number of aromatic nitrogens is 4. The molecule has 0 saturated carbocycles. The van der Waals surface area contributed by atoms with Gasteiger partial charge >= 0.3 is 5.69 Å². The smallest absolute Gasteiger partial charge is 0.337 e. The molecule has 0 aliphatic heterocycles. The third-order valence-corrected chi connectivity index (χ3v) is 5.96. The predicted molar refractivity (Wildman–Crippen MR) is 133 cm³/mol. The third-order valence-electron chi connectivity index (χ3n) is 5.96. The summed E-state index contributed by atoms with van der Waals surface area (Å²) < 4.78 is 14.3. The molecule has 9 heteroatoms. The van der Waals surface area contributed by atoms with Crippen LogP contribution in [0, 0.1) is 0 Å². The van der Waals surface area contributed by atoms with Crippen LogP contribution >= 0.6 is 0 Å². The molecular formula is C26H28N4O5. The van der Waals surface area contributed by atoms with Gasteiger partial charge in [0.05, 0.1) is 38.8 Å². The summed E-state index contributed by atoms with van der Waals surface area (Å²) in [6, 6.07) is 14.3. The normalized spacial score (nSPS) is 11.3. The minimum Gasteiger partial charge on any atom is -0.497 e. The van der Waals surface area contributed by atoms with Gasteiger partial charge in [0.1, 0.15) is 5.75 Å². The Morgan fingerprint density at radius 1 is 1.00 bits per heavy atom. The summed E-state index contributed by atoms with van der Waals surface area (Å²) in [7, 11) is 3.06. The number of methoxy groups -OCH3 is 2. The molecule has 0 radical (unpaired) electrons. The zero-order valence-electron chi connectivity index (χ0n) is 20.2. The van der Waals surface area contributed by atoms with Gasteiger partial charge in [-0.05, 0) is 47.9 Å². The van der Waals surface area contributed by atoms with Gasteiger partial charge in [0.15, 0.2) is 16.9 Å². The average molecular weight is 477 g/mol. The van der Waals surface area contributed by atoms with Crippen molar-refractivity contribution in [1.82, 2.24) is 18.7 Å². The summed E-state index contributed by atoms with van der Waals surface area (Å²) in [6.07, 6.45) is 1.42. The maximum Gasteiger partial charge on any atom is 0.337 e. The minimum atomic E-state index is -0.517. The standard InChI is InChI=1S/C26H28N4O5/c1-17(2)18-5-9-20(10-6-18)30-24-23(25(32)29(26(30)33)13-14-34-3)28(16-27-24)15-22(31)19-7-11-21(35-4)12-8-19/h5-12,16-17H,13-15H2,1-4H3. The highest BCUT2D eigenvalue weighted by atomic mass is 16.5. The summed E-state index contributed by atoms with van der Waals surface area (Å²) >= 11 is 0. The molecule has 182 valence electrons. The van der Waals surface area contributed by atoms with Gasteiger partial charge < -0.3 is 14.0 Å². The Kier molecular flexibility index (Phi) is 6.97. The van der Waals surface area contributed by atoms with Gasteiger partial charge in [0, 0.05) is 12.7 Å². The first-order valence-corrected chi connectivity index (χ1v) is 11.3. The summed E-state index contributed by atoms with van der Waals surface area (Å²) in [5, 5.41) is 0. The third kappa shape index (κ3) is 4.67. The van der Waals surface area contributed by atoms with Crippen LogP contribution in [-0.4, -0.2) is 45.3 Å². The molecule has 2 heterocycles. The number of carbonyl (C=O) groups excluding carboxylic acids is 1. The van der Waals surface area contributed by atoms with Crippen LogP contribution in [0.3, 0.4) is 0 Å². The summed E-state index contributed by atoms with van der Waals surface area (Å²) in [5.74, 6) is 0.775. The Labute approximate surface area is 202 Å². The number of nitrogens with zero attached hydrogens (tertiary/aromatic N) is 4. The van der Waals surface area contributed by atoms with Crippen molar-refractivity contribution >= 4 is 16.9 Å². The SMILES string of the molecule is COCCn1c(=O)c2c(ncn2CC(=O)c2ccc(OC)cc2)n(-c2ccc(C(C)C)cc2)c1=O. The number of rotatable bonds is 9. The Bertz CT molecular complexity index is 1460. The summed E-state index contributed by atoms with van der Waals surface area (Å²) in [5.41, 5.74) is 1.54. The molecule has 0 aliphatic carbocycles. The number of Topliss-reactive ketones (excluding diaryl/α,β-unsaturated/α-hetero) is 1. The van der Waals surface area contributed by atoms with Crippen LogP contribution in [0.15, 0.2) is 64.4 Å². The number of ether oxygens (including phenoxy) is 2. The van der Waals surface area contributed by atoms with Crippen molar-refractivity contribution in [2.24, 2.45) is 0 Å². The number of hydrogen-bond donors (Lipinski definition) is 0. The van der Waals surface area contributed by atoms with Crippen LogP contribution in [0.25, 0.3) is 16.9 Å². The van der Waals surface area contributed by atoms with E-state index in [2.05, 4.69) is 18.8 Å². The van der Waals surface area contributed by atoms with Crippen LogP contribution in [0.4, 0.5) is 0 Å². The second kappa shape index (κ2) is 10.1. The van der Waals surface area contributed by atoms with Gasteiger partial charge in [0.25, 0.3) is 5.56 Å². The molecule has 35 heavy (non-hydrogen) atoms. The molecule has 9 nitrogen and oxygen atoms in total. The number of hydrogen-bond acceptors (Lipinski definition) is 6. The highest BCUT2D eigenvalue weighted by Gasteiger charge is 2.20. The maximum absolute atomic E-state index is 13.4. The molecule has 2 aromatic carbocycles. The lowest BCUT2D eigenvalue weighted by molar-refractivity contribution is 0.0973. The van der Waals surface area contributed by atoms with Crippen molar-refractivity contribution in [2.45, 2.75) is 32.9 Å². The van der Waals surface area contributed by atoms with Crippen molar-refractivity contribution in [3.05, 3.63) is 86.8 Å². The van der Waals surface area contributed by atoms with E-state index in [1.54, 1.807) is 31.4 Å². The Hall–Kier alpha value is -3.98. The lowest BCUT2D eigenvalue weighted by Gasteiger charge is -2.13. The van der Waals surface area contributed by atoms with E-state index >= 15 is 0 Å². The molecule has 0 bridgehead atoms. The number of benzene rings is 2. The molecule has 0 unspecified atom stereocenters. The van der Waals surface area contributed by atoms with Gasteiger partial charge in [0.2, 0.25) is 0 Å². The molecule has 0 saturated heterocycles. The molecule has 0 amide bonds. The fourth-order valence-corrected chi connectivity index (χ4v) is 3.94.